The van der Waals surface area contributed by atoms with Crippen molar-refractivity contribution in [3.63, 3.8) is 0 Å². The first-order valence-electron chi connectivity index (χ1n) is 7.55. The van der Waals surface area contributed by atoms with Gasteiger partial charge in [0.25, 0.3) is 0 Å². The van der Waals surface area contributed by atoms with Crippen molar-refractivity contribution in [2.45, 2.75) is 52.4 Å². The largest absolute Gasteiger partial charge is 0.372 e. The van der Waals surface area contributed by atoms with E-state index in [0.717, 1.165) is 6.42 Å². The molecule has 0 unspecified atom stereocenters. The Kier molecular flexibility index (Phi) is 2.96. The van der Waals surface area contributed by atoms with E-state index in [2.05, 4.69) is 50.8 Å². The summed E-state index contributed by atoms with van der Waals surface area (Å²) in [6.45, 7) is 11.8. The smallest absolute Gasteiger partial charge is 0.0369 e. The lowest BCUT2D eigenvalue weighted by Gasteiger charge is -2.36. The van der Waals surface area contributed by atoms with Gasteiger partial charge in [-0.2, -0.15) is 0 Å². The first-order chi connectivity index (χ1) is 9.00. The van der Waals surface area contributed by atoms with E-state index in [1.54, 1.807) is 16.7 Å². The van der Waals surface area contributed by atoms with E-state index in [9.17, 15) is 0 Å². The van der Waals surface area contributed by atoms with Crippen LogP contribution in [0.25, 0.3) is 0 Å². The minimum atomic E-state index is 0.188. The molecule has 0 bridgehead atoms. The van der Waals surface area contributed by atoms with Gasteiger partial charge in [0.05, 0.1) is 0 Å². The molecule has 3 rings (SSSR count). The Morgan fingerprint density at radius 1 is 1.05 bits per heavy atom. The molecule has 1 heteroatoms. The first kappa shape index (κ1) is 12.8. The van der Waals surface area contributed by atoms with Crippen molar-refractivity contribution in [3.8, 4) is 0 Å². The highest BCUT2D eigenvalue weighted by Crippen LogP contribution is 2.42. The van der Waals surface area contributed by atoms with E-state index < -0.39 is 0 Å². The van der Waals surface area contributed by atoms with Gasteiger partial charge in [-0.1, -0.05) is 31.1 Å². The van der Waals surface area contributed by atoms with Crippen molar-refractivity contribution < 1.29 is 0 Å². The quantitative estimate of drug-likeness (QED) is 0.670. The Labute approximate surface area is 117 Å². The van der Waals surface area contributed by atoms with E-state index in [0.29, 0.717) is 0 Å². The van der Waals surface area contributed by atoms with Gasteiger partial charge in [-0.3, -0.25) is 0 Å². The summed E-state index contributed by atoms with van der Waals surface area (Å²) in [5, 5.41) is 0. The average molecular weight is 255 g/mol. The molecule has 0 N–H and O–H groups in total. The monoisotopic (exact) mass is 255 g/mol. The van der Waals surface area contributed by atoms with Crippen molar-refractivity contribution in [3.05, 3.63) is 40.5 Å². The summed E-state index contributed by atoms with van der Waals surface area (Å²) >= 11 is 0. The molecule has 1 heterocycles. The van der Waals surface area contributed by atoms with Crippen LogP contribution in [0.1, 0.15) is 51.7 Å². The number of allylic oxidation sites excluding steroid dienone is 2. The lowest BCUT2D eigenvalue weighted by molar-refractivity contribution is 0.591. The van der Waals surface area contributed by atoms with Crippen LogP contribution in [0.15, 0.2) is 29.3 Å². The van der Waals surface area contributed by atoms with Crippen LogP contribution in [0.2, 0.25) is 0 Å². The zero-order valence-corrected chi connectivity index (χ0v) is 12.7. The Balaban J connectivity index is 2.05. The fraction of sp³-hybridized carbons (Fsp3) is 0.556. The van der Waals surface area contributed by atoms with Gasteiger partial charge >= 0.3 is 0 Å². The van der Waals surface area contributed by atoms with Crippen LogP contribution in [0.5, 0.6) is 0 Å². The predicted molar refractivity (Wildman–Crippen MR) is 83.0 cm³/mol. The maximum absolute atomic E-state index is 2.54. The predicted octanol–water partition coefficient (Wildman–Crippen LogP) is 4.46. The van der Waals surface area contributed by atoms with Crippen molar-refractivity contribution in [2.75, 3.05) is 18.0 Å². The minimum Gasteiger partial charge on any atom is -0.372 e. The van der Waals surface area contributed by atoms with Crippen LogP contribution >= 0.6 is 0 Å². The summed E-state index contributed by atoms with van der Waals surface area (Å²) in [6, 6.07) is 7.14. The van der Waals surface area contributed by atoms with Crippen LogP contribution in [-0.2, 0) is 11.8 Å². The molecule has 1 fully saturated rings. The van der Waals surface area contributed by atoms with Crippen LogP contribution in [-0.4, -0.2) is 13.1 Å². The van der Waals surface area contributed by atoms with Crippen LogP contribution in [0.3, 0.4) is 0 Å². The molecule has 102 valence electrons. The van der Waals surface area contributed by atoms with Gasteiger partial charge in [0, 0.05) is 24.2 Å². The highest BCUT2D eigenvalue weighted by Gasteiger charge is 2.31. The van der Waals surface area contributed by atoms with E-state index in [-0.39, 0.29) is 5.41 Å². The molecule has 0 saturated carbocycles. The van der Waals surface area contributed by atoms with Crippen molar-refractivity contribution in [1.29, 1.82) is 0 Å². The number of rotatable bonds is 1. The Bertz CT molecular complexity index is 531. The van der Waals surface area contributed by atoms with E-state index in [4.69, 9.17) is 0 Å². The molecule has 1 aliphatic carbocycles. The van der Waals surface area contributed by atoms with Gasteiger partial charge in [0.1, 0.15) is 0 Å². The van der Waals surface area contributed by atoms with Gasteiger partial charge in [0.15, 0.2) is 0 Å². The zero-order valence-electron chi connectivity index (χ0n) is 12.7. The van der Waals surface area contributed by atoms with E-state index in [1.165, 1.54) is 37.2 Å². The zero-order chi connectivity index (χ0) is 13.6. The number of benzene rings is 1. The molecule has 1 saturated heterocycles. The maximum atomic E-state index is 2.54. The molecule has 0 spiro atoms. The summed E-state index contributed by atoms with van der Waals surface area (Å²) in [4.78, 5) is 2.54. The Hall–Kier alpha value is -1.24. The molecule has 2 aliphatic rings. The molecule has 1 aliphatic heterocycles. The maximum Gasteiger partial charge on any atom is 0.0369 e. The van der Waals surface area contributed by atoms with Crippen LogP contribution < -0.4 is 4.90 Å². The third-order valence-corrected chi connectivity index (χ3v) is 5.27. The third-order valence-electron chi connectivity index (χ3n) is 5.27. The SMILES string of the molecule is CC1=C(C)C(C)(C)c2cc(N3CCCC3)ccc2C1. The van der Waals surface area contributed by atoms with Crippen molar-refractivity contribution in [2.24, 2.45) is 0 Å². The summed E-state index contributed by atoms with van der Waals surface area (Å²) in [5.41, 5.74) is 7.78. The molecule has 19 heavy (non-hydrogen) atoms. The third kappa shape index (κ3) is 2.00. The summed E-state index contributed by atoms with van der Waals surface area (Å²) in [5.74, 6) is 0. The topological polar surface area (TPSA) is 3.24 Å². The summed E-state index contributed by atoms with van der Waals surface area (Å²) in [6.07, 6.45) is 3.82. The Morgan fingerprint density at radius 3 is 2.42 bits per heavy atom. The number of hydrogen-bond acceptors (Lipinski definition) is 1. The second kappa shape index (κ2) is 4.40. The number of fused-ring (bicyclic) bond motifs is 1. The lowest BCUT2D eigenvalue weighted by Crippen LogP contribution is -2.27. The molecule has 1 aromatic rings. The second-order valence-corrected chi connectivity index (χ2v) is 6.74. The van der Waals surface area contributed by atoms with Crippen molar-refractivity contribution in [1.82, 2.24) is 0 Å². The molecule has 1 nitrogen and oxygen atoms in total. The minimum absolute atomic E-state index is 0.188. The molecule has 0 atom stereocenters. The normalized spacial score (nSPS) is 21.8. The fourth-order valence-corrected chi connectivity index (χ4v) is 3.63. The van der Waals surface area contributed by atoms with E-state index >= 15 is 0 Å². The lowest BCUT2D eigenvalue weighted by atomic mass is 9.69. The molecule has 0 amide bonds. The molecular weight excluding hydrogens is 230 g/mol. The fourth-order valence-electron chi connectivity index (χ4n) is 3.63. The van der Waals surface area contributed by atoms with Gasteiger partial charge in [-0.15, -0.1) is 0 Å². The molecular formula is C18H25N. The molecule has 0 aromatic heterocycles. The summed E-state index contributed by atoms with van der Waals surface area (Å²) in [7, 11) is 0. The first-order valence-corrected chi connectivity index (χ1v) is 7.55. The number of hydrogen-bond donors (Lipinski definition) is 0. The van der Waals surface area contributed by atoms with Crippen LogP contribution in [0, 0.1) is 0 Å². The average Bonchev–Trinajstić information content (AvgIpc) is 2.90. The van der Waals surface area contributed by atoms with Gasteiger partial charge in [0.2, 0.25) is 0 Å². The van der Waals surface area contributed by atoms with Crippen molar-refractivity contribution >= 4 is 5.69 Å². The van der Waals surface area contributed by atoms with Crippen LogP contribution in [0.4, 0.5) is 5.69 Å². The number of anilines is 1. The standard InChI is InChI=1S/C18H25N/c1-13-11-15-7-8-16(19-9-5-6-10-19)12-17(15)18(3,4)14(13)2/h7-8,12H,5-6,9-11H2,1-4H3. The van der Waals surface area contributed by atoms with E-state index in [1.807, 2.05) is 0 Å². The molecule has 0 radical (unpaired) electrons. The number of nitrogens with zero attached hydrogens (tertiary/aromatic N) is 1. The highest BCUT2D eigenvalue weighted by atomic mass is 15.1. The van der Waals surface area contributed by atoms with Gasteiger partial charge in [-0.25, -0.2) is 0 Å². The van der Waals surface area contributed by atoms with Gasteiger partial charge in [-0.05, 0) is 56.4 Å². The van der Waals surface area contributed by atoms with Gasteiger partial charge < -0.3 is 4.90 Å². The second-order valence-electron chi connectivity index (χ2n) is 6.74. The highest BCUT2D eigenvalue weighted by molar-refractivity contribution is 5.57. The molecule has 1 aromatic carbocycles. The Morgan fingerprint density at radius 2 is 1.74 bits per heavy atom. The summed E-state index contributed by atoms with van der Waals surface area (Å²) < 4.78 is 0.